The Balaban J connectivity index is 1.66. The molecule has 2 aromatic rings. The number of ether oxygens (including phenoxy) is 1. The molecule has 2 heterocycles. The highest BCUT2D eigenvalue weighted by molar-refractivity contribution is 6.34. The lowest BCUT2D eigenvalue weighted by Crippen LogP contribution is -2.26. The molecule has 0 atom stereocenters. The summed E-state index contributed by atoms with van der Waals surface area (Å²) in [5.41, 5.74) is 0.126. The minimum absolute atomic E-state index is 0.126. The fourth-order valence-corrected chi connectivity index (χ4v) is 1.94. The van der Waals surface area contributed by atoms with Gasteiger partial charge in [-0.15, -0.1) is 0 Å². The molecular weight excluding hydrogens is 315 g/mol. The molecule has 7 heteroatoms. The standard InChI is InChI=1S/C14H14Cl2N2O3/c15-11-4-5-12(16)18-13(11)14(19)17-6-2-7-20-9-10-3-1-8-21-10/h1,3-5,8H,2,6-7,9H2,(H,17,19). The molecular formula is C14H14Cl2N2O3. The summed E-state index contributed by atoms with van der Waals surface area (Å²) in [6.07, 6.45) is 2.27. The lowest BCUT2D eigenvalue weighted by atomic mass is 10.3. The van der Waals surface area contributed by atoms with Crippen LogP contribution in [0.15, 0.2) is 34.9 Å². The van der Waals surface area contributed by atoms with Crippen LogP contribution in [0.3, 0.4) is 0 Å². The predicted octanol–water partition coefficient (Wildman–Crippen LogP) is 3.32. The quantitative estimate of drug-likeness (QED) is 0.625. The van der Waals surface area contributed by atoms with E-state index in [2.05, 4.69) is 10.3 Å². The topological polar surface area (TPSA) is 64.4 Å². The van der Waals surface area contributed by atoms with Gasteiger partial charge in [-0.1, -0.05) is 23.2 Å². The molecule has 5 nitrogen and oxygen atoms in total. The Bertz CT molecular complexity index is 588. The fraction of sp³-hybridized carbons (Fsp3) is 0.286. The molecule has 0 aliphatic heterocycles. The Kier molecular flexibility index (Phi) is 6.04. The average molecular weight is 329 g/mol. The third-order valence-electron chi connectivity index (χ3n) is 2.60. The Morgan fingerprint density at radius 1 is 1.33 bits per heavy atom. The van der Waals surface area contributed by atoms with Gasteiger partial charge in [0.1, 0.15) is 23.2 Å². The smallest absolute Gasteiger partial charge is 0.271 e. The van der Waals surface area contributed by atoms with Crippen LogP contribution in [-0.4, -0.2) is 24.0 Å². The molecule has 0 fully saturated rings. The third kappa shape index (κ3) is 5.04. The van der Waals surface area contributed by atoms with Crippen molar-refractivity contribution in [3.05, 3.63) is 52.2 Å². The molecule has 1 amide bonds. The number of rotatable bonds is 7. The Morgan fingerprint density at radius 2 is 2.19 bits per heavy atom. The van der Waals surface area contributed by atoms with Gasteiger partial charge in [0, 0.05) is 13.2 Å². The van der Waals surface area contributed by atoms with Gasteiger partial charge in [-0.25, -0.2) is 4.98 Å². The number of hydrogen-bond donors (Lipinski definition) is 1. The second-order valence-corrected chi connectivity index (χ2v) is 5.00. The predicted molar refractivity (Wildman–Crippen MR) is 79.6 cm³/mol. The summed E-state index contributed by atoms with van der Waals surface area (Å²) in [4.78, 5) is 15.8. The summed E-state index contributed by atoms with van der Waals surface area (Å²) in [5, 5.41) is 3.21. The fourth-order valence-electron chi connectivity index (χ4n) is 1.60. The van der Waals surface area contributed by atoms with Gasteiger partial charge in [0.2, 0.25) is 0 Å². The number of aromatic nitrogens is 1. The van der Waals surface area contributed by atoms with Gasteiger partial charge in [-0.2, -0.15) is 0 Å². The molecule has 1 N–H and O–H groups in total. The monoisotopic (exact) mass is 328 g/mol. The maximum Gasteiger partial charge on any atom is 0.271 e. The summed E-state index contributed by atoms with van der Waals surface area (Å²) in [5.74, 6) is 0.419. The van der Waals surface area contributed by atoms with Crippen molar-refractivity contribution in [2.75, 3.05) is 13.2 Å². The summed E-state index contributed by atoms with van der Waals surface area (Å²) in [6, 6.07) is 6.72. The van der Waals surface area contributed by atoms with Crippen LogP contribution in [0.1, 0.15) is 22.7 Å². The van der Waals surface area contributed by atoms with Crippen molar-refractivity contribution in [2.24, 2.45) is 0 Å². The van der Waals surface area contributed by atoms with Crippen LogP contribution in [0, 0.1) is 0 Å². The van der Waals surface area contributed by atoms with E-state index in [1.807, 2.05) is 6.07 Å². The molecule has 0 aliphatic carbocycles. The first-order chi connectivity index (χ1) is 10.2. The second-order valence-electron chi connectivity index (χ2n) is 4.21. The van der Waals surface area contributed by atoms with Crippen molar-refractivity contribution >= 4 is 29.1 Å². The number of amides is 1. The van der Waals surface area contributed by atoms with Gasteiger partial charge in [-0.3, -0.25) is 4.79 Å². The summed E-state index contributed by atoms with van der Waals surface area (Å²) in [7, 11) is 0. The molecule has 0 aliphatic rings. The summed E-state index contributed by atoms with van der Waals surface area (Å²) >= 11 is 11.6. The number of nitrogens with zero attached hydrogens (tertiary/aromatic N) is 1. The van der Waals surface area contributed by atoms with Gasteiger partial charge in [0.05, 0.1) is 11.3 Å². The van der Waals surface area contributed by atoms with Crippen LogP contribution in [0.25, 0.3) is 0 Å². The van der Waals surface area contributed by atoms with Crippen molar-refractivity contribution in [1.29, 1.82) is 0 Å². The molecule has 2 aromatic heterocycles. The van der Waals surface area contributed by atoms with Crippen LogP contribution in [0.5, 0.6) is 0 Å². The van der Waals surface area contributed by atoms with Crippen molar-refractivity contribution in [2.45, 2.75) is 13.0 Å². The number of carbonyl (C=O) groups excluding carboxylic acids is 1. The first kappa shape index (κ1) is 15.8. The summed E-state index contributed by atoms with van der Waals surface area (Å²) in [6.45, 7) is 1.39. The van der Waals surface area contributed by atoms with E-state index in [9.17, 15) is 4.79 Å². The normalized spacial score (nSPS) is 10.6. The highest BCUT2D eigenvalue weighted by atomic mass is 35.5. The SMILES string of the molecule is O=C(NCCCOCc1ccco1)c1nc(Cl)ccc1Cl. The van der Waals surface area contributed by atoms with Gasteiger partial charge >= 0.3 is 0 Å². The molecule has 0 spiro atoms. The van der Waals surface area contributed by atoms with Crippen molar-refractivity contribution in [3.8, 4) is 0 Å². The van der Waals surface area contributed by atoms with Crippen LogP contribution in [-0.2, 0) is 11.3 Å². The molecule has 0 bridgehead atoms. The molecule has 2 rings (SSSR count). The Labute approximate surface area is 132 Å². The number of pyridine rings is 1. The first-order valence-corrected chi connectivity index (χ1v) is 7.13. The molecule has 0 unspecified atom stereocenters. The zero-order valence-corrected chi connectivity index (χ0v) is 12.7. The molecule has 0 aromatic carbocycles. The number of furan rings is 1. The van der Waals surface area contributed by atoms with E-state index in [0.717, 1.165) is 5.76 Å². The maximum absolute atomic E-state index is 11.9. The van der Waals surface area contributed by atoms with Gasteiger partial charge in [-0.05, 0) is 30.7 Å². The Morgan fingerprint density at radius 3 is 2.95 bits per heavy atom. The Hall–Kier alpha value is -1.56. The van der Waals surface area contributed by atoms with E-state index in [0.29, 0.717) is 26.2 Å². The highest BCUT2D eigenvalue weighted by Gasteiger charge is 2.12. The van der Waals surface area contributed by atoms with Crippen LogP contribution in [0.4, 0.5) is 0 Å². The van der Waals surface area contributed by atoms with Gasteiger partial charge in [0.25, 0.3) is 5.91 Å². The zero-order valence-electron chi connectivity index (χ0n) is 11.1. The second kappa shape index (κ2) is 8.02. The number of carbonyl (C=O) groups is 1. The van der Waals surface area contributed by atoms with Crippen molar-refractivity contribution in [1.82, 2.24) is 10.3 Å². The summed E-state index contributed by atoms with van der Waals surface area (Å²) < 4.78 is 10.5. The van der Waals surface area contributed by atoms with Crippen LogP contribution < -0.4 is 5.32 Å². The first-order valence-electron chi connectivity index (χ1n) is 6.37. The minimum Gasteiger partial charge on any atom is -0.467 e. The zero-order chi connectivity index (χ0) is 15.1. The van der Waals surface area contributed by atoms with Crippen molar-refractivity contribution < 1.29 is 13.9 Å². The van der Waals surface area contributed by atoms with E-state index in [1.165, 1.54) is 12.1 Å². The molecule has 0 saturated heterocycles. The number of nitrogens with one attached hydrogen (secondary N) is 1. The van der Waals surface area contributed by atoms with E-state index < -0.39 is 0 Å². The van der Waals surface area contributed by atoms with E-state index in [4.69, 9.17) is 32.4 Å². The number of hydrogen-bond acceptors (Lipinski definition) is 4. The van der Waals surface area contributed by atoms with E-state index in [1.54, 1.807) is 12.3 Å². The maximum atomic E-state index is 11.9. The van der Waals surface area contributed by atoms with Crippen LogP contribution >= 0.6 is 23.2 Å². The van der Waals surface area contributed by atoms with Crippen LogP contribution in [0.2, 0.25) is 10.2 Å². The molecule has 0 radical (unpaired) electrons. The lowest BCUT2D eigenvalue weighted by Gasteiger charge is -2.06. The van der Waals surface area contributed by atoms with E-state index >= 15 is 0 Å². The van der Waals surface area contributed by atoms with Crippen molar-refractivity contribution in [3.63, 3.8) is 0 Å². The van der Waals surface area contributed by atoms with Gasteiger partial charge in [0.15, 0.2) is 0 Å². The molecule has 112 valence electrons. The lowest BCUT2D eigenvalue weighted by molar-refractivity contribution is 0.0913. The third-order valence-corrected chi connectivity index (χ3v) is 3.12. The molecule has 21 heavy (non-hydrogen) atoms. The minimum atomic E-state index is -0.353. The highest BCUT2D eigenvalue weighted by Crippen LogP contribution is 2.16. The number of halogens is 2. The largest absolute Gasteiger partial charge is 0.467 e. The van der Waals surface area contributed by atoms with E-state index in [-0.39, 0.29) is 21.8 Å². The average Bonchev–Trinajstić information content (AvgIpc) is 2.98. The molecule has 0 saturated carbocycles. The van der Waals surface area contributed by atoms with Gasteiger partial charge < -0.3 is 14.5 Å².